The van der Waals surface area contributed by atoms with Gasteiger partial charge in [0.05, 0.1) is 22.9 Å². The van der Waals surface area contributed by atoms with Crippen LogP contribution in [0.5, 0.6) is 0 Å². The van der Waals surface area contributed by atoms with E-state index in [1.165, 1.54) is 28.3 Å². The van der Waals surface area contributed by atoms with Crippen molar-refractivity contribution in [3.8, 4) is 17.3 Å². The fraction of sp³-hybridized carbons (Fsp3) is 0.160. The first kappa shape index (κ1) is 19.6. The number of likely N-dealkylation sites (N-methyl/N-ethyl adjacent to an activating group) is 1. The lowest BCUT2D eigenvalue weighted by atomic mass is 9.84. The van der Waals surface area contributed by atoms with E-state index >= 15 is 0 Å². The second-order valence-corrected chi connectivity index (χ2v) is 8.62. The molecule has 1 aliphatic rings. The molecule has 30 heavy (non-hydrogen) atoms. The lowest BCUT2D eigenvalue weighted by Gasteiger charge is -2.23. The summed E-state index contributed by atoms with van der Waals surface area (Å²) in [5, 5.41) is 9.29. The lowest BCUT2D eigenvalue weighted by molar-refractivity contribution is 0.641. The predicted octanol–water partition coefficient (Wildman–Crippen LogP) is 4.45. The molecule has 2 aromatic carbocycles. The van der Waals surface area contributed by atoms with Gasteiger partial charge in [-0.2, -0.15) is 0 Å². The molecule has 0 unspecified atom stereocenters. The van der Waals surface area contributed by atoms with Crippen molar-refractivity contribution in [3.63, 3.8) is 0 Å². The Labute approximate surface area is 180 Å². The minimum absolute atomic E-state index is 0.0233. The van der Waals surface area contributed by atoms with Crippen LogP contribution in [0.3, 0.4) is 0 Å². The largest absolute Gasteiger partial charge is 0.347 e. The van der Waals surface area contributed by atoms with Crippen LogP contribution in [0.2, 0.25) is 0 Å². The van der Waals surface area contributed by atoms with Crippen LogP contribution < -0.4 is 14.1 Å². The van der Waals surface area contributed by atoms with Crippen molar-refractivity contribution in [2.45, 2.75) is 19.3 Å². The molecule has 5 heteroatoms. The molecule has 0 aliphatic carbocycles. The number of benzene rings is 2. The van der Waals surface area contributed by atoms with Gasteiger partial charge in [-0.15, -0.1) is 11.3 Å². The van der Waals surface area contributed by atoms with E-state index < -0.39 is 0 Å². The van der Waals surface area contributed by atoms with Crippen LogP contribution in [0.25, 0.3) is 27.9 Å². The topological polar surface area (TPSA) is 44.3 Å². The summed E-state index contributed by atoms with van der Waals surface area (Å²) in [6.45, 7) is 11.7. The molecule has 0 bridgehead atoms. The van der Waals surface area contributed by atoms with Gasteiger partial charge in [-0.05, 0) is 23.8 Å². The van der Waals surface area contributed by atoms with Crippen LogP contribution in [0.1, 0.15) is 19.4 Å². The van der Waals surface area contributed by atoms with E-state index in [0.717, 1.165) is 15.8 Å². The van der Waals surface area contributed by atoms with Crippen molar-refractivity contribution in [2.24, 2.45) is 0 Å². The number of para-hydroxylation sites is 1. The number of anilines is 1. The number of nitrogens with zero attached hydrogens (tertiary/aromatic N) is 4. The zero-order chi connectivity index (χ0) is 21.3. The van der Waals surface area contributed by atoms with Gasteiger partial charge in [-0.25, -0.2) is 15.1 Å². The first-order valence-electron chi connectivity index (χ1n) is 9.57. The molecule has 0 spiro atoms. The summed E-state index contributed by atoms with van der Waals surface area (Å²) < 4.78 is 1.39. The van der Waals surface area contributed by atoms with Crippen molar-refractivity contribution in [2.75, 3.05) is 11.9 Å². The quantitative estimate of drug-likeness (QED) is 0.589. The maximum atomic E-state index is 9.29. The van der Waals surface area contributed by atoms with Crippen LogP contribution >= 0.6 is 11.3 Å². The molecule has 0 fully saturated rings. The molecule has 3 aromatic rings. The standard InChI is InChI=1S/C25H20N4S/c1-25(2)18-12-8-9-13-20(18)29(4)22(25)15-14-21-23(17-10-6-5-7-11-17)28-24(30-21)19(16-26)27-3/h5-15H,1-2,4H3/b21-14-,22-15+,24-19+. The third-order valence-electron chi connectivity index (χ3n) is 5.45. The average Bonchev–Trinajstić information content (AvgIpc) is 3.26. The van der Waals surface area contributed by atoms with E-state index in [2.05, 4.69) is 72.0 Å². The highest BCUT2D eigenvalue weighted by Crippen LogP contribution is 2.46. The number of hydrogen-bond acceptors (Lipinski definition) is 4. The summed E-state index contributed by atoms with van der Waals surface area (Å²) in [6, 6.07) is 20.3. The van der Waals surface area contributed by atoms with Crippen LogP contribution in [0.4, 0.5) is 5.69 Å². The minimum Gasteiger partial charge on any atom is -0.347 e. The van der Waals surface area contributed by atoms with Crippen LogP contribution in [-0.4, -0.2) is 12.0 Å². The highest BCUT2D eigenvalue weighted by atomic mass is 32.1. The molecule has 1 aliphatic heterocycles. The normalized spacial score (nSPS) is 17.4. The summed E-state index contributed by atoms with van der Waals surface area (Å²) in [7, 11) is 2.09. The molecule has 4 rings (SSSR count). The minimum atomic E-state index is -0.122. The van der Waals surface area contributed by atoms with Gasteiger partial charge >= 0.3 is 0 Å². The molecule has 0 saturated carbocycles. The Hall–Kier alpha value is -3.67. The summed E-state index contributed by atoms with van der Waals surface area (Å²) in [4.78, 5) is 10.2. The van der Waals surface area contributed by atoms with Gasteiger partial charge in [0, 0.05) is 29.4 Å². The summed E-state index contributed by atoms with van der Waals surface area (Å²) >= 11 is 1.38. The molecule has 0 radical (unpaired) electrons. The second-order valence-electron chi connectivity index (χ2n) is 7.59. The van der Waals surface area contributed by atoms with Crippen molar-refractivity contribution >= 4 is 28.8 Å². The number of rotatable bonds is 2. The number of hydrogen-bond donors (Lipinski definition) is 0. The van der Waals surface area contributed by atoms with Gasteiger partial charge in [-0.3, -0.25) is 0 Å². The highest BCUT2D eigenvalue weighted by molar-refractivity contribution is 7.07. The number of fused-ring (bicyclic) bond motifs is 1. The Morgan fingerprint density at radius 3 is 2.50 bits per heavy atom. The molecule has 0 N–H and O–H groups in total. The number of thiazole rings is 1. The van der Waals surface area contributed by atoms with Gasteiger partial charge in [0.15, 0.2) is 0 Å². The number of nitriles is 1. The maximum Gasteiger partial charge on any atom is 0.296 e. The molecular formula is C25H20N4S. The molecule has 2 heterocycles. The van der Waals surface area contributed by atoms with E-state index in [0.29, 0.717) is 4.66 Å². The Morgan fingerprint density at radius 2 is 1.83 bits per heavy atom. The Kier molecular flexibility index (Phi) is 4.99. The smallest absolute Gasteiger partial charge is 0.296 e. The van der Waals surface area contributed by atoms with Crippen LogP contribution in [0, 0.1) is 17.9 Å². The molecule has 1 aromatic heterocycles. The van der Waals surface area contributed by atoms with Gasteiger partial charge in [0.25, 0.3) is 5.70 Å². The summed E-state index contributed by atoms with van der Waals surface area (Å²) in [5.41, 5.74) is 5.36. The van der Waals surface area contributed by atoms with Gasteiger partial charge in [0.1, 0.15) is 4.66 Å². The molecule has 0 saturated heterocycles. The first-order valence-corrected chi connectivity index (χ1v) is 10.4. The summed E-state index contributed by atoms with van der Waals surface area (Å²) in [5.74, 6) is 0. The van der Waals surface area contributed by atoms with Gasteiger partial charge in [-0.1, -0.05) is 62.4 Å². The van der Waals surface area contributed by atoms with Crippen molar-refractivity contribution < 1.29 is 0 Å². The third kappa shape index (κ3) is 3.20. The first-order chi connectivity index (χ1) is 14.5. The van der Waals surface area contributed by atoms with E-state index in [1.54, 1.807) is 0 Å². The van der Waals surface area contributed by atoms with E-state index in [4.69, 9.17) is 6.57 Å². The van der Waals surface area contributed by atoms with Crippen molar-refractivity contribution in [3.05, 3.63) is 92.5 Å². The zero-order valence-electron chi connectivity index (χ0n) is 17.0. The average molecular weight is 409 g/mol. The van der Waals surface area contributed by atoms with Gasteiger partial charge in [0.2, 0.25) is 0 Å². The van der Waals surface area contributed by atoms with E-state index in [-0.39, 0.29) is 11.1 Å². The molecule has 4 nitrogen and oxygen atoms in total. The highest BCUT2D eigenvalue weighted by Gasteiger charge is 2.37. The third-order valence-corrected chi connectivity index (χ3v) is 6.48. The lowest BCUT2D eigenvalue weighted by Crippen LogP contribution is -2.22. The molecule has 0 atom stereocenters. The zero-order valence-corrected chi connectivity index (χ0v) is 17.9. The Balaban J connectivity index is 1.93. The van der Waals surface area contributed by atoms with E-state index in [1.807, 2.05) is 36.4 Å². The predicted molar refractivity (Wildman–Crippen MR) is 123 cm³/mol. The fourth-order valence-electron chi connectivity index (χ4n) is 3.93. The fourth-order valence-corrected chi connectivity index (χ4v) is 4.86. The second kappa shape index (κ2) is 7.63. The molecule has 146 valence electrons. The maximum absolute atomic E-state index is 9.29. The van der Waals surface area contributed by atoms with Crippen LogP contribution in [0.15, 0.2) is 66.4 Å². The SMILES string of the molecule is [C-]#[N+]/C(C#N)=c1\nc(-c2ccccc2)/c(=C/C=C2/N(C)c3ccccc3C2(C)C)s1. The van der Waals surface area contributed by atoms with Gasteiger partial charge < -0.3 is 4.90 Å². The van der Waals surface area contributed by atoms with Crippen LogP contribution in [-0.2, 0) is 5.41 Å². The molecular weight excluding hydrogens is 388 g/mol. The summed E-state index contributed by atoms with van der Waals surface area (Å²) in [6.07, 6.45) is 4.19. The number of aromatic nitrogens is 1. The monoisotopic (exact) mass is 408 g/mol. The van der Waals surface area contributed by atoms with E-state index in [9.17, 15) is 5.26 Å². The Morgan fingerprint density at radius 1 is 1.13 bits per heavy atom. The van der Waals surface area contributed by atoms with Crippen molar-refractivity contribution in [1.82, 2.24) is 4.98 Å². The number of allylic oxidation sites excluding steroid dienone is 2. The molecule has 0 amide bonds. The van der Waals surface area contributed by atoms with Crippen molar-refractivity contribution in [1.29, 1.82) is 5.26 Å². The Bertz CT molecular complexity index is 1330.